The molecule has 0 spiro atoms. The second-order valence-corrected chi connectivity index (χ2v) is 17.1. The Hall–Kier alpha value is -5.10. The number of hydrogen-bond donors (Lipinski definition) is 0. The van der Waals surface area contributed by atoms with Crippen LogP contribution >= 0.6 is 23.5 Å². The fraction of sp³-hybridized carbons (Fsp3) is 0.0870. The van der Waals surface area contributed by atoms with E-state index in [2.05, 4.69) is 175 Å². The molecule has 0 aliphatic carbocycles. The van der Waals surface area contributed by atoms with Gasteiger partial charge in [-0.3, -0.25) is 0 Å². The van der Waals surface area contributed by atoms with E-state index in [0.717, 1.165) is 0 Å². The van der Waals surface area contributed by atoms with E-state index >= 15 is 0 Å². The third-order valence-corrected chi connectivity index (χ3v) is 13.2. The van der Waals surface area contributed by atoms with E-state index in [0.29, 0.717) is 0 Å². The van der Waals surface area contributed by atoms with Crippen molar-refractivity contribution < 1.29 is 0 Å². The van der Waals surface area contributed by atoms with Gasteiger partial charge in [0.15, 0.2) is 0 Å². The van der Waals surface area contributed by atoms with Gasteiger partial charge in [0, 0.05) is 52.5 Å². The summed E-state index contributed by atoms with van der Waals surface area (Å²) in [7, 11) is 0. The minimum Gasteiger partial charge on any atom is -0.309 e. The van der Waals surface area contributed by atoms with Crippen molar-refractivity contribution in [2.24, 2.45) is 0 Å². The smallest absolute Gasteiger partial charge is 0.247 e. The molecule has 2 aliphatic rings. The molecule has 0 unspecified atom stereocenters. The van der Waals surface area contributed by atoms with Crippen LogP contribution in [-0.2, 0) is 5.41 Å². The van der Waals surface area contributed by atoms with Gasteiger partial charge in [-0.2, -0.15) is 0 Å². The summed E-state index contributed by atoms with van der Waals surface area (Å²) in [6.45, 7) is 7.16. The van der Waals surface area contributed by atoms with E-state index in [-0.39, 0.29) is 12.1 Å². The molecule has 0 amide bonds. The molecule has 2 nitrogen and oxygen atoms in total. The van der Waals surface area contributed by atoms with E-state index in [9.17, 15) is 0 Å². The zero-order valence-electron chi connectivity index (χ0n) is 28.6. The highest BCUT2D eigenvalue weighted by molar-refractivity contribution is 8.01. The van der Waals surface area contributed by atoms with Crippen LogP contribution in [0.1, 0.15) is 26.3 Å². The highest BCUT2D eigenvalue weighted by Gasteiger charge is 2.40. The topological polar surface area (TPSA) is 9.86 Å². The number of aromatic nitrogens is 2. The van der Waals surface area contributed by atoms with Gasteiger partial charge in [-0.25, -0.2) is 0 Å². The van der Waals surface area contributed by atoms with Crippen LogP contribution in [0.25, 0.3) is 55.0 Å². The van der Waals surface area contributed by atoms with Gasteiger partial charge in [-0.1, -0.05) is 140 Å². The van der Waals surface area contributed by atoms with Gasteiger partial charge in [0.2, 0.25) is 6.71 Å². The van der Waals surface area contributed by atoms with Crippen LogP contribution in [0.4, 0.5) is 0 Å². The van der Waals surface area contributed by atoms with Crippen molar-refractivity contribution in [1.82, 2.24) is 9.13 Å². The predicted molar refractivity (Wildman–Crippen MR) is 220 cm³/mol. The van der Waals surface area contributed by atoms with Gasteiger partial charge in [0.1, 0.15) is 0 Å². The van der Waals surface area contributed by atoms with Gasteiger partial charge >= 0.3 is 0 Å². The minimum absolute atomic E-state index is 0.0378. The monoisotopic (exact) mass is 688 g/mol. The third kappa shape index (κ3) is 4.28. The number of benzene rings is 7. The SMILES string of the molecule is CC(C)(C)c1cc2c3c(c1)Sc1cc4c(cc1B3c1cc3c5ccccc5n(-c5ccccc5)c3cc1S2)c1ccccc1n4-c1ccccc1. The van der Waals surface area contributed by atoms with Crippen molar-refractivity contribution >= 4 is 90.2 Å². The number of para-hydroxylation sites is 4. The van der Waals surface area contributed by atoms with E-state index in [1.165, 1.54) is 96.5 Å². The van der Waals surface area contributed by atoms with E-state index in [4.69, 9.17) is 0 Å². The van der Waals surface area contributed by atoms with E-state index in [1.54, 1.807) is 0 Å². The van der Waals surface area contributed by atoms with Crippen LogP contribution in [0, 0.1) is 0 Å². The van der Waals surface area contributed by atoms with Gasteiger partial charge in [0.25, 0.3) is 0 Å². The summed E-state index contributed by atoms with van der Waals surface area (Å²) in [6.07, 6.45) is 0. The number of nitrogens with zero attached hydrogens (tertiary/aromatic N) is 2. The molecule has 4 heterocycles. The molecule has 7 aromatic carbocycles. The molecule has 2 aliphatic heterocycles. The molecule has 0 fully saturated rings. The maximum Gasteiger partial charge on any atom is 0.247 e. The van der Waals surface area contributed by atoms with E-state index < -0.39 is 0 Å². The first-order chi connectivity index (χ1) is 24.9. The number of rotatable bonds is 2. The summed E-state index contributed by atoms with van der Waals surface area (Å²) >= 11 is 3.92. The molecule has 11 rings (SSSR count). The average Bonchev–Trinajstić information content (AvgIpc) is 3.65. The van der Waals surface area contributed by atoms with E-state index in [1.807, 2.05) is 23.5 Å². The molecule has 0 bridgehead atoms. The largest absolute Gasteiger partial charge is 0.309 e. The molecule has 0 radical (unpaired) electrons. The lowest BCUT2D eigenvalue weighted by Crippen LogP contribution is -2.58. The maximum atomic E-state index is 2.53. The fourth-order valence-electron chi connectivity index (χ4n) is 8.57. The summed E-state index contributed by atoms with van der Waals surface area (Å²) in [4.78, 5) is 5.48. The van der Waals surface area contributed by atoms with Crippen LogP contribution in [0.5, 0.6) is 0 Å². The molecule has 0 saturated heterocycles. The van der Waals surface area contributed by atoms with Gasteiger partial charge in [0.05, 0.1) is 22.1 Å². The van der Waals surface area contributed by atoms with Crippen LogP contribution in [0.2, 0.25) is 0 Å². The van der Waals surface area contributed by atoms with Crippen molar-refractivity contribution in [3.05, 3.63) is 151 Å². The molecular formula is C46H33BN2S2. The van der Waals surface area contributed by atoms with Gasteiger partial charge < -0.3 is 9.13 Å². The Bertz CT molecular complexity index is 2710. The standard InChI is InChI=1S/C46H33BN2S2/c1-46(2,3)28-22-43-45-44(23-28)51-42-27-40-34(32-19-11-13-21-38(32)49(40)30-16-8-5-9-17-30)25-36(42)47(45)35-24-33-31-18-10-12-20-37(31)48(29-14-6-4-7-15-29)39(33)26-41(35)50-43/h4-27H,1-3H3. The zero-order valence-corrected chi connectivity index (χ0v) is 30.3. The molecule has 0 saturated carbocycles. The van der Waals surface area contributed by atoms with Crippen molar-refractivity contribution in [2.75, 3.05) is 0 Å². The van der Waals surface area contributed by atoms with Crippen molar-refractivity contribution in [3.63, 3.8) is 0 Å². The summed E-state index contributed by atoms with van der Waals surface area (Å²) in [5, 5.41) is 5.22. The quantitative estimate of drug-likeness (QED) is 0.167. The molecule has 5 heteroatoms. The average molecular weight is 689 g/mol. The normalized spacial score (nSPS) is 13.6. The summed E-state index contributed by atoms with van der Waals surface area (Å²) in [5.74, 6) is 0. The number of hydrogen-bond acceptors (Lipinski definition) is 2. The highest BCUT2D eigenvalue weighted by atomic mass is 32.2. The van der Waals surface area contributed by atoms with Crippen LogP contribution in [0.3, 0.4) is 0 Å². The Kier molecular flexibility index (Phi) is 6.22. The lowest BCUT2D eigenvalue weighted by atomic mass is 9.36. The van der Waals surface area contributed by atoms with Crippen molar-refractivity contribution in [1.29, 1.82) is 0 Å². The molecule has 2 aromatic heterocycles. The van der Waals surface area contributed by atoms with Gasteiger partial charge in [-0.05, 0) is 77.1 Å². The Balaban J connectivity index is 1.23. The first-order valence-electron chi connectivity index (χ1n) is 17.7. The second-order valence-electron chi connectivity index (χ2n) is 15.0. The fourth-order valence-corrected chi connectivity index (χ4v) is 11.1. The first-order valence-corrected chi connectivity index (χ1v) is 19.3. The van der Waals surface area contributed by atoms with Crippen LogP contribution in [-0.4, -0.2) is 15.8 Å². The molecular weight excluding hydrogens is 655 g/mol. The summed E-state index contributed by atoms with van der Waals surface area (Å²) in [6, 6.07) is 54.5. The molecule has 0 N–H and O–H groups in total. The second kappa shape index (κ2) is 10.7. The number of fused-ring (bicyclic) bond motifs is 10. The zero-order chi connectivity index (χ0) is 34.0. The molecule has 9 aromatic rings. The molecule has 0 atom stereocenters. The van der Waals surface area contributed by atoms with Crippen molar-refractivity contribution in [2.45, 2.75) is 45.8 Å². The van der Waals surface area contributed by atoms with Crippen LogP contribution < -0.4 is 16.4 Å². The Morgan fingerprint density at radius 3 is 1.31 bits per heavy atom. The maximum absolute atomic E-state index is 2.53. The Morgan fingerprint density at radius 1 is 0.431 bits per heavy atom. The lowest BCUT2D eigenvalue weighted by molar-refractivity contribution is 0.587. The summed E-state index contributed by atoms with van der Waals surface area (Å²) in [5.41, 5.74) is 13.1. The molecule has 51 heavy (non-hydrogen) atoms. The first kappa shape index (κ1) is 29.6. The van der Waals surface area contributed by atoms with Crippen molar-refractivity contribution in [3.8, 4) is 11.4 Å². The minimum atomic E-state index is 0.0378. The molecule has 242 valence electrons. The van der Waals surface area contributed by atoms with Gasteiger partial charge in [-0.15, -0.1) is 0 Å². The third-order valence-electron chi connectivity index (χ3n) is 11.0. The Labute approximate surface area is 306 Å². The predicted octanol–water partition coefficient (Wildman–Crippen LogP) is 10.6. The highest BCUT2D eigenvalue weighted by Crippen LogP contribution is 2.45. The van der Waals surface area contributed by atoms with Crippen LogP contribution in [0.15, 0.2) is 165 Å². The lowest BCUT2D eigenvalue weighted by Gasteiger charge is -2.35. The Morgan fingerprint density at radius 2 is 0.863 bits per heavy atom. The summed E-state index contributed by atoms with van der Waals surface area (Å²) < 4.78 is 4.90.